The molecule has 1 aliphatic rings. The molecule has 222 valence electrons. The first-order valence-corrected chi connectivity index (χ1v) is 12.8. The van der Waals surface area contributed by atoms with Crippen molar-refractivity contribution in [1.29, 1.82) is 0 Å². The lowest BCUT2D eigenvalue weighted by atomic mass is 9.97. The van der Waals surface area contributed by atoms with E-state index in [9.17, 15) is 37.1 Å². The standard InChI is InChI=1S/C26H30F3N5O7/c1-4-20(24(38)31-17(6-7-21(35)40-5-2)11-15-8-9-30-22(15)36)34-13-16(26(27,28)29)12-19(25(34)39)32-23(37)18-10-14(3)41-33-18/h6-7,10,12-13,15,17,20H,4-5,8-9,11H2,1-3H3,(H,30,36)(H,31,38)(H,32,37)/b7-6+/t15-,17+,20+/m0/s1. The first kappa shape index (κ1) is 31.1. The number of anilines is 1. The maximum absolute atomic E-state index is 13.8. The second-order valence-corrected chi connectivity index (χ2v) is 9.29. The predicted octanol–water partition coefficient (Wildman–Crippen LogP) is 2.50. The summed E-state index contributed by atoms with van der Waals surface area (Å²) < 4.78 is 51.6. The van der Waals surface area contributed by atoms with Gasteiger partial charge in [-0.3, -0.25) is 19.2 Å². The van der Waals surface area contributed by atoms with E-state index in [0.717, 1.165) is 6.08 Å². The summed E-state index contributed by atoms with van der Waals surface area (Å²) in [6.07, 6.45) is -1.54. The predicted molar refractivity (Wildman–Crippen MR) is 138 cm³/mol. The second-order valence-electron chi connectivity index (χ2n) is 9.29. The Bertz CT molecular complexity index is 1380. The number of pyridine rings is 1. The molecule has 1 aliphatic heterocycles. The molecule has 1 fully saturated rings. The van der Waals surface area contributed by atoms with Crippen molar-refractivity contribution in [2.45, 2.75) is 58.3 Å². The molecule has 0 unspecified atom stereocenters. The van der Waals surface area contributed by atoms with Crippen LogP contribution in [0.5, 0.6) is 0 Å². The van der Waals surface area contributed by atoms with Gasteiger partial charge in [-0.2, -0.15) is 13.2 Å². The van der Waals surface area contributed by atoms with Crippen molar-refractivity contribution in [2.24, 2.45) is 5.92 Å². The van der Waals surface area contributed by atoms with Crippen molar-refractivity contribution < 1.29 is 41.6 Å². The number of carbonyl (C=O) groups is 4. The minimum atomic E-state index is -4.92. The third kappa shape index (κ3) is 8.05. The van der Waals surface area contributed by atoms with Crippen molar-refractivity contribution in [1.82, 2.24) is 20.4 Å². The number of halogens is 3. The van der Waals surface area contributed by atoms with Gasteiger partial charge in [0.1, 0.15) is 17.5 Å². The van der Waals surface area contributed by atoms with Crippen LogP contribution in [-0.2, 0) is 25.3 Å². The summed E-state index contributed by atoms with van der Waals surface area (Å²) in [5.74, 6) is -2.97. The van der Waals surface area contributed by atoms with Gasteiger partial charge in [-0.25, -0.2) is 4.79 Å². The Kier molecular flexibility index (Phi) is 10.1. The van der Waals surface area contributed by atoms with Gasteiger partial charge in [-0.05, 0) is 39.2 Å². The van der Waals surface area contributed by atoms with Gasteiger partial charge in [0.25, 0.3) is 11.5 Å². The molecule has 3 rings (SSSR count). The highest BCUT2D eigenvalue weighted by Gasteiger charge is 2.35. The summed E-state index contributed by atoms with van der Waals surface area (Å²) >= 11 is 0. The molecule has 3 amide bonds. The minimum absolute atomic E-state index is 0.0971. The van der Waals surface area contributed by atoms with Crippen LogP contribution in [0, 0.1) is 12.8 Å². The largest absolute Gasteiger partial charge is 0.463 e. The molecule has 0 radical (unpaired) electrons. The summed E-state index contributed by atoms with van der Waals surface area (Å²) in [4.78, 5) is 63.1. The summed E-state index contributed by atoms with van der Waals surface area (Å²) in [6.45, 7) is 5.14. The molecule has 2 aromatic heterocycles. The summed E-state index contributed by atoms with van der Waals surface area (Å²) in [5.41, 5.74) is -3.33. The van der Waals surface area contributed by atoms with Crippen LogP contribution in [0.15, 0.2) is 39.8 Å². The zero-order valence-electron chi connectivity index (χ0n) is 22.5. The van der Waals surface area contributed by atoms with E-state index in [1.54, 1.807) is 6.92 Å². The molecule has 0 bridgehead atoms. The SMILES string of the molecule is CCOC(=O)/C=C/[C@H](C[C@@H]1CCNC1=O)NC(=O)[C@@H](CC)n1cc(C(F)(F)F)cc(NC(=O)c2cc(C)on2)c1=O. The number of rotatable bonds is 11. The normalized spacial score (nSPS) is 16.7. The van der Waals surface area contributed by atoms with Gasteiger partial charge in [-0.15, -0.1) is 0 Å². The highest BCUT2D eigenvalue weighted by atomic mass is 19.4. The van der Waals surface area contributed by atoms with Gasteiger partial charge in [0, 0.05) is 36.8 Å². The number of hydrogen-bond donors (Lipinski definition) is 3. The van der Waals surface area contributed by atoms with Crippen molar-refractivity contribution in [2.75, 3.05) is 18.5 Å². The van der Waals surface area contributed by atoms with E-state index in [0.29, 0.717) is 29.8 Å². The number of aryl methyl sites for hydroxylation is 1. The smallest absolute Gasteiger partial charge is 0.417 e. The molecule has 2 aromatic rings. The van der Waals surface area contributed by atoms with Crippen LogP contribution in [0.3, 0.4) is 0 Å². The fourth-order valence-corrected chi connectivity index (χ4v) is 4.27. The number of aromatic nitrogens is 2. The Balaban J connectivity index is 1.94. The average Bonchev–Trinajstić information content (AvgIpc) is 3.52. The van der Waals surface area contributed by atoms with Gasteiger partial charge in [0.15, 0.2) is 5.69 Å². The van der Waals surface area contributed by atoms with E-state index in [1.807, 2.05) is 0 Å². The highest BCUT2D eigenvalue weighted by molar-refractivity contribution is 6.02. The van der Waals surface area contributed by atoms with Crippen molar-refractivity contribution in [3.05, 3.63) is 57.9 Å². The molecule has 12 nitrogen and oxygen atoms in total. The van der Waals surface area contributed by atoms with E-state index in [1.165, 1.54) is 26.0 Å². The Morgan fingerprint density at radius 2 is 2.00 bits per heavy atom. The van der Waals surface area contributed by atoms with E-state index < -0.39 is 58.8 Å². The quantitative estimate of drug-likeness (QED) is 0.269. The van der Waals surface area contributed by atoms with E-state index >= 15 is 0 Å². The molecule has 1 saturated heterocycles. The van der Waals surface area contributed by atoms with Crippen molar-refractivity contribution in [3.8, 4) is 0 Å². The monoisotopic (exact) mass is 581 g/mol. The Hall–Kier alpha value is -4.43. The minimum Gasteiger partial charge on any atom is -0.463 e. The Morgan fingerprint density at radius 3 is 2.56 bits per heavy atom. The van der Waals surface area contributed by atoms with Crippen molar-refractivity contribution >= 4 is 29.4 Å². The average molecular weight is 582 g/mol. The lowest BCUT2D eigenvalue weighted by Gasteiger charge is -2.24. The summed E-state index contributed by atoms with van der Waals surface area (Å²) in [6, 6.07) is -0.618. The third-order valence-electron chi connectivity index (χ3n) is 6.28. The number of nitrogens with one attached hydrogen (secondary N) is 3. The molecular formula is C26H30F3N5O7. The molecule has 0 aromatic carbocycles. The zero-order chi connectivity index (χ0) is 30.3. The van der Waals surface area contributed by atoms with Gasteiger partial charge in [0.2, 0.25) is 11.8 Å². The molecule has 0 saturated carbocycles. The number of ether oxygens (including phenoxy) is 1. The van der Waals surface area contributed by atoms with Gasteiger partial charge < -0.3 is 29.8 Å². The molecule has 15 heteroatoms. The lowest BCUT2D eigenvalue weighted by molar-refractivity contribution is -0.138. The summed E-state index contributed by atoms with van der Waals surface area (Å²) in [7, 11) is 0. The van der Waals surface area contributed by atoms with Gasteiger partial charge >= 0.3 is 12.1 Å². The first-order valence-electron chi connectivity index (χ1n) is 12.8. The van der Waals surface area contributed by atoms with E-state index in [2.05, 4.69) is 21.1 Å². The number of carbonyl (C=O) groups excluding carboxylic acids is 4. The maximum atomic E-state index is 13.8. The first-order chi connectivity index (χ1) is 19.3. The fraction of sp³-hybridized carbons (Fsp3) is 0.462. The summed E-state index contributed by atoms with van der Waals surface area (Å²) in [5, 5.41) is 10.9. The lowest BCUT2D eigenvalue weighted by Crippen LogP contribution is -2.43. The van der Waals surface area contributed by atoms with Crippen LogP contribution in [0.25, 0.3) is 0 Å². The van der Waals surface area contributed by atoms with Gasteiger partial charge in [-0.1, -0.05) is 18.2 Å². The molecule has 0 aliphatic carbocycles. The third-order valence-corrected chi connectivity index (χ3v) is 6.28. The van der Waals surface area contributed by atoms with Gasteiger partial charge in [0.05, 0.1) is 12.2 Å². The molecule has 41 heavy (non-hydrogen) atoms. The second kappa shape index (κ2) is 13.3. The van der Waals surface area contributed by atoms with Crippen LogP contribution >= 0.6 is 0 Å². The van der Waals surface area contributed by atoms with Crippen molar-refractivity contribution in [3.63, 3.8) is 0 Å². The number of amides is 3. The Morgan fingerprint density at radius 1 is 1.27 bits per heavy atom. The topological polar surface area (TPSA) is 162 Å². The van der Waals surface area contributed by atoms with Crippen LogP contribution in [0.2, 0.25) is 0 Å². The number of esters is 1. The molecule has 3 atom stereocenters. The maximum Gasteiger partial charge on any atom is 0.417 e. The number of nitrogens with zero attached hydrogens (tertiary/aromatic N) is 2. The van der Waals surface area contributed by atoms with Crippen LogP contribution in [0.1, 0.15) is 61.0 Å². The fourth-order valence-electron chi connectivity index (χ4n) is 4.27. The Labute approximate surface area is 232 Å². The highest BCUT2D eigenvalue weighted by Crippen LogP contribution is 2.31. The van der Waals surface area contributed by atoms with E-state index in [4.69, 9.17) is 9.26 Å². The molecule has 0 spiro atoms. The van der Waals surface area contributed by atoms with Crippen LogP contribution < -0.4 is 21.5 Å². The molecule has 3 N–H and O–H groups in total. The number of hydrogen-bond acceptors (Lipinski definition) is 8. The number of alkyl halides is 3. The zero-order valence-corrected chi connectivity index (χ0v) is 22.5. The van der Waals surface area contributed by atoms with E-state index in [-0.39, 0.29) is 36.8 Å². The van der Waals surface area contributed by atoms with Crippen LogP contribution in [-0.4, -0.2) is 52.6 Å². The molecular weight excluding hydrogens is 551 g/mol. The molecule has 3 heterocycles. The van der Waals surface area contributed by atoms with Crippen LogP contribution in [0.4, 0.5) is 18.9 Å².